The summed E-state index contributed by atoms with van der Waals surface area (Å²) in [6.07, 6.45) is 0.134. The lowest BCUT2D eigenvalue weighted by Crippen LogP contribution is -2.31. The van der Waals surface area contributed by atoms with Crippen molar-refractivity contribution < 1.29 is 22.8 Å². The number of halogens is 3. The molecule has 47 heavy (non-hydrogen) atoms. The minimum absolute atomic E-state index is 0.117. The van der Waals surface area contributed by atoms with Crippen molar-refractivity contribution in [1.82, 2.24) is 29.7 Å². The summed E-state index contributed by atoms with van der Waals surface area (Å²) in [5, 5.41) is 12.0. The molecule has 2 amide bonds. The van der Waals surface area contributed by atoms with Crippen LogP contribution in [0.2, 0.25) is 0 Å². The lowest BCUT2D eigenvalue weighted by Gasteiger charge is -2.14. The minimum Gasteiger partial charge on any atom is -0.351 e. The van der Waals surface area contributed by atoms with Crippen molar-refractivity contribution in [1.29, 1.82) is 0 Å². The van der Waals surface area contributed by atoms with Crippen LogP contribution in [0.3, 0.4) is 0 Å². The third-order valence-electron chi connectivity index (χ3n) is 6.98. The van der Waals surface area contributed by atoms with Gasteiger partial charge in [0.1, 0.15) is 18.0 Å². The second kappa shape index (κ2) is 14.1. The van der Waals surface area contributed by atoms with Gasteiger partial charge in [-0.05, 0) is 75.1 Å². The predicted octanol–water partition coefficient (Wildman–Crippen LogP) is 6.02. The van der Waals surface area contributed by atoms with Gasteiger partial charge in [-0.3, -0.25) is 14.2 Å². The Hall–Kier alpha value is -5.76. The van der Waals surface area contributed by atoms with Gasteiger partial charge in [-0.2, -0.15) is 13.2 Å². The maximum atomic E-state index is 13.1. The summed E-state index contributed by atoms with van der Waals surface area (Å²) in [6.45, 7) is 3.11. The fraction of sp³-hybridized carbons (Fsp3) is 0.182. The van der Waals surface area contributed by atoms with Crippen molar-refractivity contribution >= 4 is 40.6 Å². The zero-order chi connectivity index (χ0) is 33.6. The zero-order valence-corrected chi connectivity index (χ0v) is 25.8. The molecule has 0 atom stereocenters. The number of carbonyl (C=O) groups excluding carboxylic acids is 2. The van der Waals surface area contributed by atoms with E-state index in [0.717, 1.165) is 24.2 Å². The van der Waals surface area contributed by atoms with Gasteiger partial charge in [0.05, 0.1) is 5.56 Å². The van der Waals surface area contributed by atoms with E-state index >= 15 is 0 Å². The summed E-state index contributed by atoms with van der Waals surface area (Å²) in [6, 6.07) is 18.1. The number of nitrogens with zero attached hydrogens (tertiary/aromatic N) is 5. The number of nitrogens with one attached hydrogen (secondary N) is 4. The van der Waals surface area contributed by atoms with Crippen LogP contribution in [0.25, 0.3) is 5.82 Å². The van der Waals surface area contributed by atoms with Crippen LogP contribution in [0.5, 0.6) is 0 Å². The van der Waals surface area contributed by atoms with E-state index in [-0.39, 0.29) is 11.5 Å². The summed E-state index contributed by atoms with van der Waals surface area (Å²) < 4.78 is 41.1. The van der Waals surface area contributed by atoms with Gasteiger partial charge in [-0.15, -0.1) is 0 Å². The van der Waals surface area contributed by atoms with E-state index in [9.17, 15) is 22.8 Å². The fourth-order valence-electron chi connectivity index (χ4n) is 4.50. The van der Waals surface area contributed by atoms with Gasteiger partial charge in [0.2, 0.25) is 5.95 Å². The van der Waals surface area contributed by atoms with Gasteiger partial charge < -0.3 is 26.2 Å². The summed E-state index contributed by atoms with van der Waals surface area (Å²) >= 11 is 0. The van der Waals surface area contributed by atoms with E-state index in [2.05, 4.69) is 36.2 Å². The molecule has 14 heteroatoms. The molecule has 0 unspecified atom stereocenters. The Labute approximate surface area is 268 Å². The summed E-state index contributed by atoms with van der Waals surface area (Å²) in [5.74, 6) is 0.532. The number of hydrogen-bond donors (Lipinski definition) is 4. The van der Waals surface area contributed by atoms with Gasteiger partial charge in [-0.25, -0.2) is 15.0 Å². The third kappa shape index (κ3) is 8.49. The molecule has 0 saturated heterocycles. The molecule has 2 heterocycles. The molecule has 5 aromatic rings. The lowest BCUT2D eigenvalue weighted by atomic mass is 10.1. The first-order chi connectivity index (χ1) is 22.5. The van der Waals surface area contributed by atoms with Crippen molar-refractivity contribution in [3.8, 4) is 5.82 Å². The van der Waals surface area contributed by atoms with Crippen LogP contribution in [-0.4, -0.2) is 63.4 Å². The van der Waals surface area contributed by atoms with E-state index < -0.39 is 17.6 Å². The van der Waals surface area contributed by atoms with Gasteiger partial charge in [0, 0.05) is 59.7 Å². The first-order valence-electron chi connectivity index (χ1n) is 14.5. The van der Waals surface area contributed by atoms with Gasteiger partial charge in [0.15, 0.2) is 0 Å². The standard InChI is InChI=1S/C33H32F3N9O2/c1-21-10-11-26(42-31(47)22-6-4-8-24(16-22)33(34,35)36)18-27(21)43-32-38-13-15-45(32)29-19-28(39-20-40-29)41-25-9-5-7-23(17-25)30(46)37-12-14-44(2)3/h4-11,13,15-20H,12,14H2,1-3H3,(H,37,46)(H,38,43)(H,42,47)(H,39,40,41). The average Bonchev–Trinajstić information content (AvgIpc) is 3.50. The normalized spacial score (nSPS) is 11.3. The summed E-state index contributed by atoms with van der Waals surface area (Å²) in [5.41, 5.74) is 1.96. The first-order valence-corrected chi connectivity index (χ1v) is 14.5. The monoisotopic (exact) mass is 643 g/mol. The fourth-order valence-corrected chi connectivity index (χ4v) is 4.50. The average molecular weight is 644 g/mol. The van der Waals surface area contributed by atoms with Crippen molar-refractivity contribution in [2.45, 2.75) is 13.1 Å². The number of benzene rings is 3. The maximum Gasteiger partial charge on any atom is 0.416 e. The van der Waals surface area contributed by atoms with Gasteiger partial charge >= 0.3 is 6.18 Å². The van der Waals surface area contributed by atoms with Crippen molar-refractivity contribution in [3.63, 3.8) is 0 Å². The molecule has 5 rings (SSSR count). The highest BCUT2D eigenvalue weighted by Crippen LogP contribution is 2.30. The molecule has 0 fully saturated rings. The Kier molecular flexibility index (Phi) is 9.80. The van der Waals surface area contributed by atoms with Gasteiger partial charge in [0.25, 0.3) is 11.8 Å². The molecule has 11 nitrogen and oxygen atoms in total. The number of anilines is 5. The number of carbonyl (C=O) groups is 2. The number of imidazole rings is 1. The van der Waals surface area contributed by atoms with Crippen molar-refractivity contribution in [2.75, 3.05) is 43.1 Å². The van der Waals surface area contributed by atoms with Crippen LogP contribution in [0.15, 0.2) is 91.5 Å². The second-order valence-electron chi connectivity index (χ2n) is 10.8. The summed E-state index contributed by atoms with van der Waals surface area (Å²) in [7, 11) is 3.87. The highest BCUT2D eigenvalue weighted by molar-refractivity contribution is 6.04. The molecule has 0 aliphatic rings. The Morgan fingerprint density at radius 1 is 0.851 bits per heavy atom. The molecule has 3 aromatic carbocycles. The van der Waals surface area contributed by atoms with Crippen LogP contribution in [0, 0.1) is 6.92 Å². The smallest absolute Gasteiger partial charge is 0.351 e. The van der Waals surface area contributed by atoms with Crippen LogP contribution in [0.1, 0.15) is 31.8 Å². The molecule has 0 aliphatic carbocycles. The molecule has 2 aromatic heterocycles. The van der Waals surface area contributed by atoms with E-state index in [0.29, 0.717) is 46.8 Å². The highest BCUT2D eigenvalue weighted by atomic mass is 19.4. The number of rotatable bonds is 11. The Morgan fingerprint density at radius 3 is 2.38 bits per heavy atom. The van der Waals surface area contributed by atoms with E-state index in [1.54, 1.807) is 59.4 Å². The topological polar surface area (TPSA) is 129 Å². The molecule has 0 bridgehead atoms. The van der Waals surface area contributed by atoms with E-state index in [1.165, 1.54) is 18.5 Å². The Balaban J connectivity index is 1.29. The van der Waals surface area contributed by atoms with E-state index in [1.807, 2.05) is 32.0 Å². The molecule has 0 radical (unpaired) electrons. The van der Waals surface area contributed by atoms with E-state index in [4.69, 9.17) is 0 Å². The first kappa shape index (κ1) is 32.6. The second-order valence-corrected chi connectivity index (χ2v) is 10.8. The Bertz CT molecular complexity index is 1890. The maximum absolute atomic E-state index is 13.1. The number of hydrogen-bond acceptors (Lipinski definition) is 8. The molecular weight excluding hydrogens is 611 g/mol. The van der Waals surface area contributed by atoms with Crippen molar-refractivity contribution in [3.05, 3.63) is 114 Å². The molecule has 0 saturated carbocycles. The van der Waals surface area contributed by atoms with Crippen LogP contribution in [0.4, 0.5) is 42.0 Å². The lowest BCUT2D eigenvalue weighted by molar-refractivity contribution is -0.137. The quantitative estimate of drug-likeness (QED) is 0.138. The van der Waals surface area contributed by atoms with Crippen LogP contribution >= 0.6 is 0 Å². The summed E-state index contributed by atoms with van der Waals surface area (Å²) in [4.78, 5) is 40.4. The number of alkyl halides is 3. The third-order valence-corrected chi connectivity index (χ3v) is 6.98. The molecular formula is C33H32F3N9O2. The van der Waals surface area contributed by atoms with Gasteiger partial charge in [-0.1, -0.05) is 18.2 Å². The SMILES string of the molecule is Cc1ccc(NC(=O)c2cccc(C(F)(F)F)c2)cc1Nc1nccn1-c1cc(Nc2cccc(C(=O)NCCN(C)C)c2)ncn1. The molecule has 242 valence electrons. The highest BCUT2D eigenvalue weighted by Gasteiger charge is 2.31. The zero-order valence-electron chi connectivity index (χ0n) is 25.8. The number of aromatic nitrogens is 4. The number of aryl methyl sites for hydroxylation is 1. The van der Waals surface area contributed by atoms with Crippen LogP contribution in [-0.2, 0) is 6.18 Å². The Morgan fingerprint density at radius 2 is 1.62 bits per heavy atom. The minimum atomic E-state index is -4.56. The van der Waals surface area contributed by atoms with Crippen LogP contribution < -0.4 is 21.3 Å². The van der Waals surface area contributed by atoms with Crippen molar-refractivity contribution in [2.24, 2.45) is 0 Å². The molecule has 4 N–H and O–H groups in total. The largest absolute Gasteiger partial charge is 0.416 e. The molecule has 0 spiro atoms. The number of likely N-dealkylation sites (N-methyl/N-ethyl adjacent to an activating group) is 1. The number of amides is 2. The predicted molar refractivity (Wildman–Crippen MR) is 174 cm³/mol. The molecule has 0 aliphatic heterocycles.